The van der Waals surface area contributed by atoms with Gasteiger partial charge in [-0.25, -0.2) is 4.79 Å². The first-order valence-electron chi connectivity index (χ1n) is 7.82. The summed E-state index contributed by atoms with van der Waals surface area (Å²) in [6.07, 6.45) is 1.42. The number of amides is 2. The van der Waals surface area contributed by atoms with Crippen LogP contribution in [0.1, 0.15) is 25.5 Å². The zero-order valence-corrected chi connectivity index (χ0v) is 12.8. The molecule has 22 heavy (non-hydrogen) atoms. The molecule has 1 aromatic heterocycles. The molecule has 2 heterocycles. The largest absolute Gasteiger partial charge is 0.459 e. The Hall–Kier alpha value is -2.01. The second-order valence-electron chi connectivity index (χ2n) is 5.97. The molecule has 3 rings (SSSR count). The van der Waals surface area contributed by atoms with Crippen molar-refractivity contribution >= 4 is 17.0 Å². The lowest BCUT2D eigenvalue weighted by atomic mass is 9.92. The molecule has 0 radical (unpaired) electrons. The van der Waals surface area contributed by atoms with Crippen molar-refractivity contribution < 1.29 is 14.3 Å². The number of likely N-dealkylation sites (tertiary alicyclic amines) is 1. The van der Waals surface area contributed by atoms with Crippen molar-refractivity contribution in [2.45, 2.75) is 32.4 Å². The number of piperidine rings is 1. The molecule has 2 aromatic rings. The molecule has 0 aliphatic carbocycles. The van der Waals surface area contributed by atoms with E-state index in [0.29, 0.717) is 25.6 Å². The molecular weight excluding hydrogens is 280 g/mol. The van der Waals surface area contributed by atoms with E-state index >= 15 is 0 Å². The molecule has 1 atom stereocenters. The minimum absolute atomic E-state index is 0.0653. The van der Waals surface area contributed by atoms with Crippen molar-refractivity contribution in [3.8, 4) is 0 Å². The molecule has 0 saturated carbocycles. The van der Waals surface area contributed by atoms with Gasteiger partial charge in [0.05, 0.1) is 12.6 Å². The zero-order chi connectivity index (χ0) is 15.5. The Bertz CT molecular complexity index is 609. The van der Waals surface area contributed by atoms with Crippen LogP contribution in [0.3, 0.4) is 0 Å². The van der Waals surface area contributed by atoms with Gasteiger partial charge in [0.2, 0.25) is 0 Å². The Kier molecular flexibility index (Phi) is 4.34. The fourth-order valence-electron chi connectivity index (χ4n) is 2.98. The molecule has 1 aliphatic rings. The summed E-state index contributed by atoms with van der Waals surface area (Å²) in [4.78, 5) is 14.0. The van der Waals surface area contributed by atoms with Crippen LogP contribution in [-0.2, 0) is 6.54 Å². The maximum absolute atomic E-state index is 12.2. The Morgan fingerprint density at radius 3 is 2.82 bits per heavy atom. The number of hydrogen-bond donors (Lipinski definition) is 2. The lowest BCUT2D eigenvalue weighted by molar-refractivity contribution is 0.0797. The predicted molar refractivity (Wildman–Crippen MR) is 84.4 cm³/mol. The summed E-state index contributed by atoms with van der Waals surface area (Å²) in [5.74, 6) is 1.06. The van der Waals surface area contributed by atoms with Crippen molar-refractivity contribution in [3.63, 3.8) is 0 Å². The molecule has 118 valence electrons. The molecule has 2 amide bonds. The molecule has 2 N–H and O–H groups in total. The van der Waals surface area contributed by atoms with Crippen molar-refractivity contribution in [2.24, 2.45) is 5.92 Å². The molecule has 1 aliphatic heterocycles. The maximum atomic E-state index is 12.2. The average molecular weight is 302 g/mol. The molecule has 5 heteroatoms. The number of rotatable bonds is 3. The number of benzene rings is 1. The number of para-hydroxylation sites is 1. The van der Waals surface area contributed by atoms with Crippen LogP contribution in [0.4, 0.5) is 4.79 Å². The third-order valence-electron chi connectivity index (χ3n) is 4.40. The van der Waals surface area contributed by atoms with Gasteiger partial charge in [-0.05, 0) is 37.8 Å². The fourth-order valence-corrected chi connectivity index (χ4v) is 2.98. The fraction of sp³-hybridized carbons (Fsp3) is 0.471. The summed E-state index contributed by atoms with van der Waals surface area (Å²) in [5, 5.41) is 13.5. The van der Waals surface area contributed by atoms with E-state index < -0.39 is 0 Å². The van der Waals surface area contributed by atoms with Gasteiger partial charge in [0.25, 0.3) is 0 Å². The summed E-state index contributed by atoms with van der Waals surface area (Å²) in [6, 6.07) is 9.69. The van der Waals surface area contributed by atoms with Gasteiger partial charge in [0.1, 0.15) is 11.3 Å². The quantitative estimate of drug-likeness (QED) is 0.916. The van der Waals surface area contributed by atoms with Crippen molar-refractivity contribution in [1.82, 2.24) is 10.2 Å². The van der Waals surface area contributed by atoms with E-state index in [1.54, 1.807) is 0 Å². The Labute approximate surface area is 129 Å². The Morgan fingerprint density at radius 1 is 1.41 bits per heavy atom. The smallest absolute Gasteiger partial charge is 0.317 e. The van der Waals surface area contributed by atoms with Crippen molar-refractivity contribution in [1.29, 1.82) is 0 Å². The van der Waals surface area contributed by atoms with E-state index in [-0.39, 0.29) is 12.1 Å². The van der Waals surface area contributed by atoms with Gasteiger partial charge in [-0.15, -0.1) is 0 Å². The summed E-state index contributed by atoms with van der Waals surface area (Å²) in [6.45, 7) is 3.61. The second-order valence-corrected chi connectivity index (χ2v) is 5.97. The monoisotopic (exact) mass is 302 g/mol. The summed E-state index contributed by atoms with van der Waals surface area (Å²) >= 11 is 0. The molecule has 1 aromatic carbocycles. The second kappa shape index (κ2) is 6.40. The van der Waals surface area contributed by atoms with E-state index in [4.69, 9.17) is 4.42 Å². The highest BCUT2D eigenvalue weighted by Crippen LogP contribution is 2.21. The number of hydrogen-bond acceptors (Lipinski definition) is 3. The Morgan fingerprint density at radius 2 is 2.14 bits per heavy atom. The molecule has 1 saturated heterocycles. The minimum Gasteiger partial charge on any atom is -0.459 e. The number of carbonyl (C=O) groups is 1. The van der Waals surface area contributed by atoms with Crippen LogP contribution in [-0.4, -0.2) is 35.2 Å². The topological polar surface area (TPSA) is 65.7 Å². The highest BCUT2D eigenvalue weighted by Gasteiger charge is 2.25. The van der Waals surface area contributed by atoms with Gasteiger partial charge in [0, 0.05) is 18.5 Å². The summed E-state index contributed by atoms with van der Waals surface area (Å²) in [7, 11) is 0. The van der Waals surface area contributed by atoms with Crippen molar-refractivity contribution in [3.05, 3.63) is 36.1 Å². The van der Waals surface area contributed by atoms with Gasteiger partial charge >= 0.3 is 6.03 Å². The number of carbonyl (C=O) groups excluding carboxylic acids is 1. The number of aliphatic hydroxyl groups excluding tert-OH is 1. The SMILES string of the molecule is CC(O)C1CCN(C(=O)NCc2cc3ccccc3o2)CC1. The lowest BCUT2D eigenvalue weighted by Crippen LogP contribution is -2.45. The average Bonchev–Trinajstić information content (AvgIpc) is 2.95. The third kappa shape index (κ3) is 3.25. The maximum Gasteiger partial charge on any atom is 0.317 e. The van der Waals surface area contributed by atoms with Crippen LogP contribution in [0.2, 0.25) is 0 Å². The first kappa shape index (κ1) is 14.9. The van der Waals surface area contributed by atoms with E-state index in [0.717, 1.165) is 29.6 Å². The van der Waals surface area contributed by atoms with Gasteiger partial charge in [-0.1, -0.05) is 18.2 Å². The molecule has 0 bridgehead atoms. The minimum atomic E-state index is -0.291. The number of nitrogens with zero attached hydrogens (tertiary/aromatic N) is 1. The van der Waals surface area contributed by atoms with Gasteiger partial charge in [-0.3, -0.25) is 0 Å². The highest BCUT2D eigenvalue weighted by atomic mass is 16.3. The van der Waals surface area contributed by atoms with E-state index in [1.165, 1.54) is 0 Å². The predicted octanol–water partition coefficient (Wildman–Crippen LogP) is 2.74. The number of aliphatic hydroxyl groups is 1. The number of urea groups is 1. The lowest BCUT2D eigenvalue weighted by Gasteiger charge is -2.33. The normalized spacial score (nSPS) is 17.6. The van der Waals surface area contributed by atoms with Gasteiger partial charge in [0.15, 0.2) is 0 Å². The van der Waals surface area contributed by atoms with E-state index in [9.17, 15) is 9.90 Å². The molecule has 0 spiro atoms. The third-order valence-corrected chi connectivity index (χ3v) is 4.40. The molecule has 1 unspecified atom stereocenters. The van der Waals surface area contributed by atoms with Crippen LogP contribution < -0.4 is 5.32 Å². The van der Waals surface area contributed by atoms with E-state index in [1.807, 2.05) is 42.2 Å². The van der Waals surface area contributed by atoms with Crippen LogP contribution >= 0.6 is 0 Å². The molecular formula is C17H22N2O3. The Balaban J connectivity index is 1.52. The number of fused-ring (bicyclic) bond motifs is 1. The van der Waals surface area contributed by atoms with Crippen LogP contribution in [0, 0.1) is 5.92 Å². The van der Waals surface area contributed by atoms with Gasteiger partial charge < -0.3 is 19.7 Å². The van der Waals surface area contributed by atoms with Crippen molar-refractivity contribution in [2.75, 3.05) is 13.1 Å². The first-order valence-corrected chi connectivity index (χ1v) is 7.82. The van der Waals surface area contributed by atoms with Gasteiger partial charge in [-0.2, -0.15) is 0 Å². The zero-order valence-electron chi connectivity index (χ0n) is 12.8. The summed E-state index contributed by atoms with van der Waals surface area (Å²) < 4.78 is 5.69. The van der Waals surface area contributed by atoms with E-state index in [2.05, 4.69) is 5.32 Å². The number of furan rings is 1. The standard InChI is InChI=1S/C17H22N2O3/c1-12(20)13-6-8-19(9-7-13)17(21)18-11-15-10-14-4-2-3-5-16(14)22-15/h2-5,10,12-13,20H,6-9,11H2,1H3,(H,18,21). The van der Waals surface area contributed by atoms with Crippen LogP contribution in [0.15, 0.2) is 34.7 Å². The highest BCUT2D eigenvalue weighted by molar-refractivity contribution is 5.78. The molecule has 5 nitrogen and oxygen atoms in total. The summed E-state index contributed by atoms with van der Waals surface area (Å²) in [5.41, 5.74) is 0.837. The molecule has 1 fully saturated rings. The number of nitrogens with one attached hydrogen (secondary N) is 1. The van der Waals surface area contributed by atoms with Crippen LogP contribution in [0.5, 0.6) is 0 Å². The van der Waals surface area contributed by atoms with Crippen LogP contribution in [0.25, 0.3) is 11.0 Å². The first-order chi connectivity index (χ1) is 10.6.